The van der Waals surface area contributed by atoms with Crippen LogP contribution >= 0.6 is 0 Å². The molecule has 0 aromatic carbocycles. The third-order valence-electron chi connectivity index (χ3n) is 3.57. The second-order valence-corrected chi connectivity index (χ2v) is 5.76. The van der Waals surface area contributed by atoms with E-state index in [1.165, 1.54) is 17.6 Å². The summed E-state index contributed by atoms with van der Waals surface area (Å²) in [5.74, 6) is 0.987. The van der Waals surface area contributed by atoms with Gasteiger partial charge in [-0.05, 0) is 27.2 Å². The summed E-state index contributed by atoms with van der Waals surface area (Å²) in [5.41, 5.74) is 3.56. The number of nitrogens with one attached hydrogen (secondary N) is 1. The lowest BCUT2D eigenvalue weighted by Crippen LogP contribution is -2.35. The van der Waals surface area contributed by atoms with Gasteiger partial charge < -0.3 is 10.1 Å². The number of hydrogen-bond donors (Lipinski definition) is 1. The fourth-order valence-corrected chi connectivity index (χ4v) is 2.09. The molecule has 1 N–H and O–H groups in total. The van der Waals surface area contributed by atoms with Crippen molar-refractivity contribution in [1.82, 2.24) is 5.32 Å². The number of nitrogens with zero attached hydrogens (tertiary/aromatic N) is 1. The molecular formula is C18H30N2O. The van der Waals surface area contributed by atoms with Crippen LogP contribution in [0.2, 0.25) is 0 Å². The molecule has 0 aliphatic carbocycles. The predicted molar refractivity (Wildman–Crippen MR) is 91.6 cm³/mol. The highest BCUT2D eigenvalue weighted by Crippen LogP contribution is 2.12. The predicted octanol–water partition coefficient (Wildman–Crippen LogP) is 4.38. The molecule has 21 heavy (non-hydrogen) atoms. The Kier molecular flexibility index (Phi) is 8.06. The minimum Gasteiger partial charge on any atom is -0.379 e. The molecule has 1 aliphatic rings. The second kappa shape index (κ2) is 9.56. The molecule has 1 aliphatic heterocycles. The molecule has 3 heteroatoms. The highest BCUT2D eigenvalue weighted by molar-refractivity contribution is 5.84. The van der Waals surface area contributed by atoms with E-state index in [9.17, 15) is 0 Å². The van der Waals surface area contributed by atoms with E-state index in [1.807, 2.05) is 0 Å². The number of rotatable bonds is 5. The van der Waals surface area contributed by atoms with Crippen LogP contribution < -0.4 is 5.32 Å². The van der Waals surface area contributed by atoms with Crippen LogP contribution in [-0.2, 0) is 4.74 Å². The van der Waals surface area contributed by atoms with E-state index in [2.05, 4.69) is 56.7 Å². The first-order valence-corrected chi connectivity index (χ1v) is 7.96. The van der Waals surface area contributed by atoms with Crippen molar-refractivity contribution in [2.75, 3.05) is 13.2 Å². The van der Waals surface area contributed by atoms with Crippen molar-refractivity contribution in [2.24, 2.45) is 4.99 Å². The zero-order valence-electron chi connectivity index (χ0n) is 14.0. The van der Waals surface area contributed by atoms with Crippen molar-refractivity contribution in [1.29, 1.82) is 0 Å². The van der Waals surface area contributed by atoms with E-state index in [0.717, 1.165) is 30.8 Å². The highest BCUT2D eigenvalue weighted by Gasteiger charge is 2.09. The standard InChI is InChI=1S/C18H30N2O/c1-6-7-8-14(2)15(3)9-10-18-19-16(4)11-12-21-13-17(5)20-18/h8-9,17H,4,6-7,10-13H2,1-3,5H3,(H,19,20)/b14-8-,15-9-. The van der Waals surface area contributed by atoms with E-state index in [0.29, 0.717) is 13.2 Å². The molecule has 1 heterocycles. The van der Waals surface area contributed by atoms with Crippen molar-refractivity contribution in [3.63, 3.8) is 0 Å². The average molecular weight is 290 g/mol. The monoisotopic (exact) mass is 290 g/mol. The molecule has 0 saturated carbocycles. The van der Waals surface area contributed by atoms with Gasteiger partial charge in [-0.2, -0.15) is 0 Å². The first-order valence-electron chi connectivity index (χ1n) is 7.96. The number of aliphatic imine (C=N–C) groups is 1. The van der Waals surface area contributed by atoms with Gasteiger partial charge in [0.25, 0.3) is 0 Å². The van der Waals surface area contributed by atoms with E-state index < -0.39 is 0 Å². The zero-order chi connectivity index (χ0) is 15.7. The fourth-order valence-electron chi connectivity index (χ4n) is 2.09. The summed E-state index contributed by atoms with van der Waals surface area (Å²) in [6, 6.07) is 0.278. The molecule has 0 saturated heterocycles. The summed E-state index contributed by atoms with van der Waals surface area (Å²) in [4.78, 5) is 4.61. The van der Waals surface area contributed by atoms with Crippen molar-refractivity contribution in [3.8, 4) is 0 Å². The quantitative estimate of drug-likeness (QED) is 0.762. The Morgan fingerprint density at radius 2 is 2.10 bits per heavy atom. The van der Waals surface area contributed by atoms with Gasteiger partial charge in [0.05, 0.1) is 13.2 Å². The van der Waals surface area contributed by atoms with E-state index in [-0.39, 0.29) is 6.04 Å². The summed E-state index contributed by atoms with van der Waals surface area (Å²) in [6.45, 7) is 14.1. The minimum atomic E-state index is 0.278. The highest BCUT2D eigenvalue weighted by atomic mass is 16.5. The minimum absolute atomic E-state index is 0.278. The Morgan fingerprint density at radius 3 is 2.81 bits per heavy atom. The summed E-state index contributed by atoms with van der Waals surface area (Å²) >= 11 is 0. The van der Waals surface area contributed by atoms with Gasteiger partial charge in [-0.25, -0.2) is 4.99 Å². The van der Waals surface area contributed by atoms with Crippen molar-refractivity contribution in [2.45, 2.75) is 59.4 Å². The molecule has 1 atom stereocenters. The third-order valence-corrected chi connectivity index (χ3v) is 3.57. The molecule has 0 fully saturated rings. The van der Waals surface area contributed by atoms with Crippen LogP contribution in [0.5, 0.6) is 0 Å². The summed E-state index contributed by atoms with van der Waals surface area (Å²) in [7, 11) is 0. The number of amidine groups is 1. The summed E-state index contributed by atoms with van der Waals surface area (Å²) in [5, 5.41) is 3.43. The number of allylic oxidation sites excluding steroid dienone is 3. The molecule has 1 unspecified atom stereocenters. The van der Waals surface area contributed by atoms with Gasteiger partial charge in [-0.1, -0.05) is 43.2 Å². The Hall–Kier alpha value is -1.35. The van der Waals surface area contributed by atoms with Crippen LogP contribution in [0.3, 0.4) is 0 Å². The Balaban J connectivity index is 2.72. The molecule has 1 rings (SSSR count). The maximum atomic E-state index is 5.57. The van der Waals surface area contributed by atoms with E-state index in [1.54, 1.807) is 0 Å². The average Bonchev–Trinajstić information content (AvgIpc) is 2.53. The fraction of sp³-hybridized carbons (Fsp3) is 0.611. The SMILES string of the molecule is C=C1CCOCC(C)N/C(C/C=C(C)\C(C)=C/CCC)=N\1. The van der Waals surface area contributed by atoms with Crippen molar-refractivity contribution >= 4 is 5.84 Å². The Morgan fingerprint density at radius 1 is 1.38 bits per heavy atom. The van der Waals surface area contributed by atoms with Gasteiger partial charge in [0.2, 0.25) is 0 Å². The van der Waals surface area contributed by atoms with Crippen LogP contribution in [0, 0.1) is 0 Å². The first kappa shape index (κ1) is 17.7. The van der Waals surface area contributed by atoms with Crippen molar-refractivity contribution < 1.29 is 4.74 Å². The molecule has 0 aromatic heterocycles. The van der Waals surface area contributed by atoms with Gasteiger partial charge in [-0.3, -0.25) is 0 Å². The van der Waals surface area contributed by atoms with Crippen LogP contribution in [-0.4, -0.2) is 25.1 Å². The Labute approximate surface area is 129 Å². The van der Waals surface area contributed by atoms with Crippen LogP contribution in [0.1, 0.15) is 53.4 Å². The normalized spacial score (nSPS) is 24.5. The third kappa shape index (κ3) is 7.28. The largest absolute Gasteiger partial charge is 0.379 e. The number of unbranched alkanes of at least 4 members (excludes halogenated alkanes) is 1. The van der Waals surface area contributed by atoms with Crippen LogP contribution in [0.15, 0.2) is 40.6 Å². The maximum Gasteiger partial charge on any atom is 0.106 e. The van der Waals surface area contributed by atoms with Gasteiger partial charge in [0, 0.05) is 24.6 Å². The lowest BCUT2D eigenvalue weighted by molar-refractivity contribution is 0.124. The lowest BCUT2D eigenvalue weighted by Gasteiger charge is -2.15. The molecular weight excluding hydrogens is 260 g/mol. The molecule has 0 amide bonds. The second-order valence-electron chi connectivity index (χ2n) is 5.76. The number of ether oxygens (including phenoxy) is 1. The molecule has 3 nitrogen and oxygen atoms in total. The maximum absolute atomic E-state index is 5.57. The summed E-state index contributed by atoms with van der Waals surface area (Å²) < 4.78 is 5.57. The first-order chi connectivity index (χ1) is 10.0. The van der Waals surface area contributed by atoms with Crippen LogP contribution in [0.25, 0.3) is 0 Å². The smallest absolute Gasteiger partial charge is 0.106 e. The van der Waals surface area contributed by atoms with Gasteiger partial charge in [0.1, 0.15) is 5.84 Å². The summed E-state index contributed by atoms with van der Waals surface area (Å²) in [6.07, 6.45) is 8.49. The number of hydrogen-bond acceptors (Lipinski definition) is 3. The molecule has 0 spiro atoms. The molecule has 0 radical (unpaired) electrons. The van der Waals surface area contributed by atoms with Crippen molar-refractivity contribution in [3.05, 3.63) is 35.6 Å². The zero-order valence-corrected chi connectivity index (χ0v) is 14.0. The Bertz CT molecular complexity index is 432. The van der Waals surface area contributed by atoms with Gasteiger partial charge >= 0.3 is 0 Å². The van der Waals surface area contributed by atoms with Gasteiger partial charge in [-0.15, -0.1) is 0 Å². The van der Waals surface area contributed by atoms with E-state index >= 15 is 0 Å². The van der Waals surface area contributed by atoms with E-state index in [4.69, 9.17) is 4.74 Å². The lowest BCUT2D eigenvalue weighted by atomic mass is 10.1. The molecule has 0 bridgehead atoms. The van der Waals surface area contributed by atoms with Gasteiger partial charge in [0.15, 0.2) is 0 Å². The topological polar surface area (TPSA) is 33.6 Å². The molecule has 0 aromatic rings. The molecule has 118 valence electrons. The van der Waals surface area contributed by atoms with Crippen LogP contribution in [0.4, 0.5) is 0 Å².